The first-order chi connectivity index (χ1) is 8.67. The fourth-order valence-corrected chi connectivity index (χ4v) is 2.89. The highest BCUT2D eigenvalue weighted by atomic mass is 16.6. The fourth-order valence-electron chi connectivity index (χ4n) is 2.89. The first-order valence-electron chi connectivity index (χ1n) is 6.55. The summed E-state index contributed by atoms with van der Waals surface area (Å²) in [4.78, 5) is 0. The van der Waals surface area contributed by atoms with Gasteiger partial charge in [0.1, 0.15) is 13.2 Å². The molecule has 0 spiro atoms. The van der Waals surface area contributed by atoms with Gasteiger partial charge in [-0.05, 0) is 43.4 Å². The van der Waals surface area contributed by atoms with E-state index in [2.05, 4.69) is 0 Å². The number of aliphatic hydroxyl groups is 1. The third kappa shape index (κ3) is 2.06. The Labute approximate surface area is 107 Å². The molecule has 2 atom stereocenters. The second-order valence-corrected chi connectivity index (χ2v) is 5.25. The van der Waals surface area contributed by atoms with Crippen molar-refractivity contribution in [3.05, 3.63) is 23.8 Å². The molecule has 98 valence electrons. The SMILES string of the molecule is NC1CCCC(O)(c2ccc3c(c2)OCCO3)C1. The predicted octanol–water partition coefficient (Wildman–Crippen LogP) is 1.55. The maximum atomic E-state index is 10.7. The minimum atomic E-state index is -0.812. The monoisotopic (exact) mass is 249 g/mol. The van der Waals surface area contributed by atoms with Crippen LogP contribution in [0.3, 0.4) is 0 Å². The Morgan fingerprint density at radius 3 is 2.78 bits per heavy atom. The molecule has 1 saturated carbocycles. The van der Waals surface area contributed by atoms with Crippen LogP contribution in [0, 0.1) is 0 Å². The molecule has 1 fully saturated rings. The molecule has 0 saturated heterocycles. The average Bonchev–Trinajstić information content (AvgIpc) is 2.38. The summed E-state index contributed by atoms with van der Waals surface area (Å²) in [5.74, 6) is 1.49. The van der Waals surface area contributed by atoms with Crippen molar-refractivity contribution in [2.24, 2.45) is 5.73 Å². The zero-order chi connectivity index (χ0) is 12.6. The molecular weight excluding hydrogens is 230 g/mol. The number of ether oxygens (including phenoxy) is 2. The van der Waals surface area contributed by atoms with Gasteiger partial charge in [0.05, 0.1) is 5.60 Å². The molecule has 3 rings (SSSR count). The summed E-state index contributed by atoms with van der Waals surface area (Å²) in [5.41, 5.74) is 6.05. The average molecular weight is 249 g/mol. The molecule has 1 heterocycles. The van der Waals surface area contributed by atoms with E-state index < -0.39 is 5.60 Å². The number of benzene rings is 1. The maximum Gasteiger partial charge on any atom is 0.161 e. The zero-order valence-electron chi connectivity index (χ0n) is 10.4. The maximum absolute atomic E-state index is 10.7. The lowest BCUT2D eigenvalue weighted by atomic mass is 9.77. The van der Waals surface area contributed by atoms with Gasteiger partial charge in [0.2, 0.25) is 0 Å². The van der Waals surface area contributed by atoms with Gasteiger partial charge in [-0.3, -0.25) is 0 Å². The van der Waals surface area contributed by atoms with Gasteiger partial charge in [-0.2, -0.15) is 0 Å². The molecule has 4 heteroatoms. The Kier molecular flexibility index (Phi) is 2.92. The summed E-state index contributed by atoms with van der Waals surface area (Å²) in [5, 5.41) is 10.7. The topological polar surface area (TPSA) is 64.7 Å². The van der Waals surface area contributed by atoms with E-state index in [1.54, 1.807) is 0 Å². The largest absolute Gasteiger partial charge is 0.486 e. The van der Waals surface area contributed by atoms with E-state index in [4.69, 9.17) is 15.2 Å². The van der Waals surface area contributed by atoms with E-state index in [-0.39, 0.29) is 6.04 Å². The first kappa shape index (κ1) is 11.8. The lowest BCUT2D eigenvalue weighted by Crippen LogP contribution is -2.39. The first-order valence-corrected chi connectivity index (χ1v) is 6.55. The zero-order valence-corrected chi connectivity index (χ0v) is 10.4. The molecule has 1 aromatic rings. The van der Waals surface area contributed by atoms with Crippen molar-refractivity contribution in [2.75, 3.05) is 13.2 Å². The Morgan fingerprint density at radius 1 is 1.22 bits per heavy atom. The van der Waals surface area contributed by atoms with E-state index in [1.165, 1.54) is 0 Å². The van der Waals surface area contributed by atoms with E-state index in [9.17, 15) is 5.11 Å². The van der Waals surface area contributed by atoms with Gasteiger partial charge < -0.3 is 20.3 Å². The highest BCUT2D eigenvalue weighted by Gasteiger charge is 2.35. The number of rotatable bonds is 1. The van der Waals surface area contributed by atoms with Crippen LogP contribution in [-0.2, 0) is 5.60 Å². The van der Waals surface area contributed by atoms with Crippen LogP contribution in [0.4, 0.5) is 0 Å². The third-order valence-electron chi connectivity index (χ3n) is 3.84. The Hall–Kier alpha value is -1.26. The quantitative estimate of drug-likeness (QED) is 0.792. The van der Waals surface area contributed by atoms with Crippen LogP contribution in [0.5, 0.6) is 11.5 Å². The summed E-state index contributed by atoms with van der Waals surface area (Å²) < 4.78 is 11.0. The number of nitrogens with two attached hydrogens (primary N) is 1. The summed E-state index contributed by atoms with van der Waals surface area (Å²) in [6.07, 6.45) is 3.34. The molecule has 3 N–H and O–H groups in total. The van der Waals surface area contributed by atoms with Crippen molar-refractivity contribution in [3.63, 3.8) is 0 Å². The van der Waals surface area contributed by atoms with Gasteiger partial charge in [-0.25, -0.2) is 0 Å². The van der Waals surface area contributed by atoms with Crippen LogP contribution in [-0.4, -0.2) is 24.4 Å². The molecule has 0 amide bonds. The standard InChI is InChI=1S/C14H19NO3/c15-11-2-1-5-14(16,9-11)10-3-4-12-13(8-10)18-7-6-17-12/h3-4,8,11,16H,1-2,5-7,9,15H2. The molecule has 2 aliphatic rings. The number of hydrogen-bond donors (Lipinski definition) is 2. The van der Waals surface area contributed by atoms with E-state index in [0.717, 1.165) is 36.3 Å². The van der Waals surface area contributed by atoms with E-state index >= 15 is 0 Å². The van der Waals surface area contributed by atoms with Crippen LogP contribution >= 0.6 is 0 Å². The Bertz CT molecular complexity index is 449. The lowest BCUT2D eigenvalue weighted by molar-refractivity contribution is -0.00754. The van der Waals surface area contributed by atoms with Crippen LogP contribution < -0.4 is 15.2 Å². The van der Waals surface area contributed by atoms with Crippen molar-refractivity contribution < 1.29 is 14.6 Å². The minimum Gasteiger partial charge on any atom is -0.486 e. The predicted molar refractivity (Wildman–Crippen MR) is 67.8 cm³/mol. The fraction of sp³-hybridized carbons (Fsp3) is 0.571. The van der Waals surface area contributed by atoms with Crippen LogP contribution in [0.15, 0.2) is 18.2 Å². The highest BCUT2D eigenvalue weighted by Crippen LogP contribution is 2.40. The number of fused-ring (bicyclic) bond motifs is 1. The summed E-state index contributed by atoms with van der Waals surface area (Å²) in [6, 6.07) is 5.77. The number of hydrogen-bond acceptors (Lipinski definition) is 4. The normalized spacial score (nSPS) is 31.1. The van der Waals surface area contributed by atoms with Crippen LogP contribution in [0.25, 0.3) is 0 Å². The minimum absolute atomic E-state index is 0.0805. The summed E-state index contributed by atoms with van der Waals surface area (Å²) in [7, 11) is 0. The molecule has 4 nitrogen and oxygen atoms in total. The highest BCUT2D eigenvalue weighted by molar-refractivity contribution is 5.45. The van der Waals surface area contributed by atoms with Gasteiger partial charge in [0.15, 0.2) is 11.5 Å². The van der Waals surface area contributed by atoms with Crippen LogP contribution in [0.1, 0.15) is 31.2 Å². The van der Waals surface area contributed by atoms with Gasteiger partial charge in [-0.1, -0.05) is 6.07 Å². The van der Waals surface area contributed by atoms with Crippen molar-refractivity contribution in [2.45, 2.75) is 37.3 Å². The van der Waals surface area contributed by atoms with E-state index in [1.807, 2.05) is 18.2 Å². The molecule has 0 bridgehead atoms. The molecule has 2 unspecified atom stereocenters. The lowest BCUT2D eigenvalue weighted by Gasteiger charge is -2.36. The van der Waals surface area contributed by atoms with Crippen molar-refractivity contribution in [1.29, 1.82) is 0 Å². The molecular formula is C14H19NO3. The molecule has 0 aromatic heterocycles. The third-order valence-corrected chi connectivity index (χ3v) is 3.84. The summed E-state index contributed by atoms with van der Waals surface area (Å²) >= 11 is 0. The van der Waals surface area contributed by atoms with E-state index in [0.29, 0.717) is 19.6 Å². The van der Waals surface area contributed by atoms with Crippen molar-refractivity contribution >= 4 is 0 Å². The molecule has 1 aliphatic heterocycles. The smallest absolute Gasteiger partial charge is 0.161 e. The van der Waals surface area contributed by atoms with Gasteiger partial charge >= 0.3 is 0 Å². The molecule has 1 aromatic carbocycles. The van der Waals surface area contributed by atoms with Crippen molar-refractivity contribution in [1.82, 2.24) is 0 Å². The van der Waals surface area contributed by atoms with Gasteiger partial charge in [-0.15, -0.1) is 0 Å². The van der Waals surface area contributed by atoms with Crippen molar-refractivity contribution in [3.8, 4) is 11.5 Å². The molecule has 1 aliphatic carbocycles. The molecule has 0 radical (unpaired) electrons. The Balaban J connectivity index is 1.91. The second-order valence-electron chi connectivity index (χ2n) is 5.25. The van der Waals surface area contributed by atoms with Gasteiger partial charge in [0.25, 0.3) is 0 Å². The van der Waals surface area contributed by atoms with Crippen LogP contribution in [0.2, 0.25) is 0 Å². The second kappa shape index (κ2) is 4.44. The Morgan fingerprint density at radius 2 is 2.00 bits per heavy atom. The molecule has 18 heavy (non-hydrogen) atoms. The van der Waals surface area contributed by atoms with Gasteiger partial charge in [0, 0.05) is 6.04 Å². The summed E-state index contributed by atoms with van der Waals surface area (Å²) in [6.45, 7) is 1.15.